The normalized spacial score (nSPS) is 19.2. The zero-order valence-electron chi connectivity index (χ0n) is 14.2. The molecule has 0 bridgehead atoms. The summed E-state index contributed by atoms with van der Waals surface area (Å²) in [6.45, 7) is -3.02. The molecule has 3 aromatic carbocycles. The second-order valence-corrected chi connectivity index (χ2v) is 11.0. The van der Waals surface area contributed by atoms with Gasteiger partial charge in [-0.3, -0.25) is 0 Å². The number of rotatable bonds is 4. The first kappa shape index (κ1) is 16.5. The zero-order valence-corrected chi connectivity index (χ0v) is 15.1. The van der Waals surface area contributed by atoms with Gasteiger partial charge in [0.1, 0.15) is 0 Å². The van der Waals surface area contributed by atoms with Crippen LogP contribution in [0.1, 0.15) is 12.8 Å². The van der Waals surface area contributed by atoms with Crippen molar-refractivity contribution >= 4 is 22.7 Å². The molecule has 0 saturated carbocycles. The van der Waals surface area contributed by atoms with E-state index in [0.717, 1.165) is 28.8 Å². The molecule has 0 spiro atoms. The van der Waals surface area contributed by atoms with Gasteiger partial charge >= 0.3 is 149 Å². The Kier molecular flexibility index (Phi) is 4.21. The van der Waals surface area contributed by atoms with Crippen LogP contribution in [0.3, 0.4) is 0 Å². The minimum atomic E-state index is -3.73. The number of hydrogen-bond donors (Lipinski definition) is 1. The number of ether oxygens (including phenoxy) is 1. The quantitative estimate of drug-likeness (QED) is 0.729. The summed E-state index contributed by atoms with van der Waals surface area (Å²) in [4.78, 5) is 12.9. The van der Waals surface area contributed by atoms with Crippen molar-refractivity contribution in [1.82, 2.24) is 0 Å². The Bertz CT molecular complexity index is 728. The molecule has 1 saturated heterocycles. The summed E-state index contributed by atoms with van der Waals surface area (Å²) < 4.78 is 6.19. The van der Waals surface area contributed by atoms with E-state index in [1.165, 1.54) is 0 Å². The summed E-state index contributed by atoms with van der Waals surface area (Å²) in [7, 11) is 0. The van der Waals surface area contributed by atoms with Crippen molar-refractivity contribution in [2.45, 2.75) is 18.7 Å². The first-order valence-corrected chi connectivity index (χ1v) is 11.1. The molecule has 2 nitrogen and oxygen atoms in total. The number of benzene rings is 3. The van der Waals surface area contributed by atoms with E-state index in [-0.39, 0.29) is 5.85 Å². The van der Waals surface area contributed by atoms with Crippen LogP contribution in [0.4, 0.5) is 0 Å². The number of hydrogen-bond acceptors (Lipinski definition) is 2. The van der Waals surface area contributed by atoms with Gasteiger partial charge in [0.2, 0.25) is 0 Å². The molecule has 1 heterocycles. The molecular weight excluding hydrogens is 327 g/mol. The van der Waals surface area contributed by atoms with Gasteiger partial charge in [-0.1, -0.05) is 0 Å². The molecule has 1 aliphatic rings. The van der Waals surface area contributed by atoms with Gasteiger partial charge in [0.15, 0.2) is 0 Å². The van der Waals surface area contributed by atoms with Crippen molar-refractivity contribution in [1.29, 1.82) is 0 Å². The standard InChI is InChI=1S/C22H23O2P/c23-25(22-17-10-18-24-22,19-11-4-1-5-12-19,20-13-6-2-7-14-20)21-15-8-3-9-16-21/h1-9,11-16,22-23H,10,17-18H2. The average molecular weight is 350 g/mol. The summed E-state index contributed by atoms with van der Waals surface area (Å²) in [6.07, 6.45) is 1.85. The molecule has 3 aromatic rings. The van der Waals surface area contributed by atoms with Crippen molar-refractivity contribution in [2.75, 3.05) is 6.61 Å². The Morgan fingerprint density at radius 2 is 1.08 bits per heavy atom. The van der Waals surface area contributed by atoms with Gasteiger partial charge in [-0.2, -0.15) is 0 Å². The van der Waals surface area contributed by atoms with Crippen molar-refractivity contribution in [3.05, 3.63) is 91.0 Å². The molecule has 0 aromatic heterocycles. The maximum atomic E-state index is 12.9. The first-order valence-electron chi connectivity index (χ1n) is 8.79. The predicted octanol–water partition coefficient (Wildman–Crippen LogP) is 3.56. The van der Waals surface area contributed by atoms with Gasteiger partial charge < -0.3 is 0 Å². The van der Waals surface area contributed by atoms with Gasteiger partial charge in [-0.05, 0) is 0 Å². The van der Waals surface area contributed by atoms with Crippen molar-refractivity contribution in [3.63, 3.8) is 0 Å². The van der Waals surface area contributed by atoms with E-state index in [1.54, 1.807) is 0 Å². The van der Waals surface area contributed by atoms with Crippen LogP contribution in [0.2, 0.25) is 0 Å². The summed E-state index contributed by atoms with van der Waals surface area (Å²) in [5.41, 5.74) is 0. The fourth-order valence-electron chi connectivity index (χ4n) is 4.09. The van der Waals surface area contributed by atoms with Gasteiger partial charge in [-0.15, -0.1) is 0 Å². The van der Waals surface area contributed by atoms with Crippen LogP contribution in [-0.2, 0) is 4.74 Å². The molecule has 1 atom stereocenters. The molecule has 0 amide bonds. The third kappa shape index (κ3) is 2.37. The van der Waals surface area contributed by atoms with E-state index in [1.807, 2.05) is 54.6 Å². The monoisotopic (exact) mass is 350 g/mol. The topological polar surface area (TPSA) is 29.5 Å². The third-order valence-electron chi connectivity index (χ3n) is 5.30. The minimum absolute atomic E-state index is 0.210. The summed E-state index contributed by atoms with van der Waals surface area (Å²) in [6, 6.07) is 30.4. The first-order chi connectivity index (χ1) is 12.2. The summed E-state index contributed by atoms with van der Waals surface area (Å²) in [5.74, 6) is -0.210. The molecule has 25 heavy (non-hydrogen) atoms. The predicted molar refractivity (Wildman–Crippen MR) is 106 cm³/mol. The van der Waals surface area contributed by atoms with E-state index in [2.05, 4.69) is 36.4 Å². The molecule has 128 valence electrons. The van der Waals surface area contributed by atoms with Gasteiger partial charge in [0, 0.05) is 0 Å². The van der Waals surface area contributed by atoms with E-state index >= 15 is 0 Å². The molecule has 1 fully saturated rings. The summed E-state index contributed by atoms with van der Waals surface area (Å²) >= 11 is 0. The van der Waals surface area contributed by atoms with E-state index in [4.69, 9.17) is 4.74 Å². The van der Waals surface area contributed by atoms with Crippen LogP contribution < -0.4 is 15.9 Å². The zero-order chi connectivity index (χ0) is 17.2. The molecule has 1 unspecified atom stereocenters. The van der Waals surface area contributed by atoms with Crippen molar-refractivity contribution < 1.29 is 9.63 Å². The van der Waals surface area contributed by atoms with E-state index in [9.17, 15) is 4.89 Å². The van der Waals surface area contributed by atoms with Crippen LogP contribution in [0.15, 0.2) is 91.0 Å². The molecule has 4 rings (SSSR count). The van der Waals surface area contributed by atoms with E-state index < -0.39 is 6.83 Å². The Balaban J connectivity index is 2.12. The SMILES string of the molecule is OP(c1ccccc1)(c1ccccc1)(c1ccccc1)C1CCCO1. The molecule has 3 heteroatoms. The Labute approximate surface area is 149 Å². The maximum absolute atomic E-state index is 12.9. The second kappa shape index (κ2) is 6.38. The van der Waals surface area contributed by atoms with Crippen LogP contribution in [0, 0.1) is 0 Å². The fourth-order valence-corrected chi connectivity index (χ4v) is 9.39. The molecule has 0 aliphatic carbocycles. The van der Waals surface area contributed by atoms with Gasteiger partial charge in [0.05, 0.1) is 0 Å². The second-order valence-electron chi connectivity index (χ2n) is 6.61. The third-order valence-corrected chi connectivity index (χ3v) is 10.9. The van der Waals surface area contributed by atoms with Gasteiger partial charge in [0.25, 0.3) is 0 Å². The Hall–Kier alpha value is -1.99. The van der Waals surface area contributed by atoms with Crippen LogP contribution in [0.5, 0.6) is 0 Å². The van der Waals surface area contributed by atoms with Crippen LogP contribution >= 0.6 is 6.83 Å². The Morgan fingerprint density at radius 3 is 1.40 bits per heavy atom. The van der Waals surface area contributed by atoms with Gasteiger partial charge in [-0.25, -0.2) is 0 Å². The average Bonchev–Trinajstić information content (AvgIpc) is 3.25. The molecule has 1 aliphatic heterocycles. The molecule has 1 N–H and O–H groups in total. The van der Waals surface area contributed by atoms with Crippen LogP contribution in [0.25, 0.3) is 0 Å². The molecule has 0 radical (unpaired) electrons. The van der Waals surface area contributed by atoms with Crippen molar-refractivity contribution in [3.8, 4) is 0 Å². The van der Waals surface area contributed by atoms with Crippen LogP contribution in [-0.4, -0.2) is 17.3 Å². The fraction of sp³-hybridized carbons (Fsp3) is 0.182. The van der Waals surface area contributed by atoms with Crippen molar-refractivity contribution in [2.24, 2.45) is 0 Å². The molecular formula is C22H23O2P. The summed E-state index contributed by atoms with van der Waals surface area (Å²) in [5, 5.41) is 2.91. The Morgan fingerprint density at radius 1 is 0.680 bits per heavy atom. The van der Waals surface area contributed by atoms with E-state index in [0.29, 0.717) is 6.61 Å².